The SMILES string of the molecule is CC(=O)Nc1ccc(F)c(NC(=O)CCc2ncc(-c3c(F)cccc3F)o2)c1. The molecular formula is C20H16F3N3O3. The summed E-state index contributed by atoms with van der Waals surface area (Å²) in [6, 6.07) is 7.19. The topological polar surface area (TPSA) is 84.2 Å². The van der Waals surface area contributed by atoms with Crippen molar-refractivity contribution in [3.8, 4) is 11.3 Å². The van der Waals surface area contributed by atoms with Gasteiger partial charge in [0.1, 0.15) is 17.5 Å². The van der Waals surface area contributed by atoms with Crippen molar-refractivity contribution in [1.82, 2.24) is 4.98 Å². The first-order valence-corrected chi connectivity index (χ1v) is 8.59. The molecule has 29 heavy (non-hydrogen) atoms. The molecule has 0 spiro atoms. The third-order valence-electron chi connectivity index (χ3n) is 3.89. The minimum atomic E-state index is -0.792. The van der Waals surface area contributed by atoms with E-state index in [1.54, 1.807) is 0 Å². The highest BCUT2D eigenvalue weighted by Gasteiger charge is 2.16. The molecule has 0 aliphatic heterocycles. The van der Waals surface area contributed by atoms with E-state index in [4.69, 9.17) is 4.42 Å². The number of hydrogen-bond donors (Lipinski definition) is 2. The highest BCUT2D eigenvalue weighted by molar-refractivity contribution is 5.93. The fourth-order valence-electron chi connectivity index (χ4n) is 2.61. The van der Waals surface area contributed by atoms with Gasteiger partial charge in [0, 0.05) is 25.5 Å². The lowest BCUT2D eigenvalue weighted by Gasteiger charge is -2.08. The summed E-state index contributed by atoms with van der Waals surface area (Å²) in [5.41, 5.74) is -0.103. The molecule has 3 aromatic rings. The number of halogens is 3. The molecule has 9 heteroatoms. The first kappa shape index (κ1) is 20.1. The summed E-state index contributed by atoms with van der Waals surface area (Å²) in [7, 11) is 0. The molecule has 150 valence electrons. The number of benzene rings is 2. The molecule has 1 aromatic heterocycles. The van der Waals surface area contributed by atoms with Crippen LogP contribution in [0.25, 0.3) is 11.3 Å². The van der Waals surface area contributed by atoms with Gasteiger partial charge in [0.05, 0.1) is 17.4 Å². The summed E-state index contributed by atoms with van der Waals surface area (Å²) in [6.07, 6.45) is 1.10. The Bertz CT molecular complexity index is 1050. The number of hydrogen-bond acceptors (Lipinski definition) is 4. The summed E-state index contributed by atoms with van der Waals surface area (Å²) in [4.78, 5) is 27.1. The van der Waals surface area contributed by atoms with Gasteiger partial charge < -0.3 is 15.1 Å². The second kappa shape index (κ2) is 8.59. The van der Waals surface area contributed by atoms with E-state index >= 15 is 0 Å². The van der Waals surface area contributed by atoms with Gasteiger partial charge in [-0.25, -0.2) is 18.2 Å². The predicted octanol–water partition coefficient (Wildman–Crippen LogP) is 4.29. The molecule has 0 saturated heterocycles. The Morgan fingerprint density at radius 2 is 1.76 bits per heavy atom. The molecule has 0 unspecified atom stereocenters. The predicted molar refractivity (Wildman–Crippen MR) is 99.5 cm³/mol. The van der Waals surface area contributed by atoms with Crippen molar-refractivity contribution in [2.24, 2.45) is 0 Å². The van der Waals surface area contributed by atoms with E-state index in [1.165, 1.54) is 31.3 Å². The van der Waals surface area contributed by atoms with E-state index in [0.29, 0.717) is 5.69 Å². The summed E-state index contributed by atoms with van der Waals surface area (Å²) < 4.78 is 46.8. The molecule has 0 bridgehead atoms. The molecule has 2 aromatic carbocycles. The van der Waals surface area contributed by atoms with E-state index < -0.39 is 23.4 Å². The fourth-order valence-corrected chi connectivity index (χ4v) is 2.61. The zero-order chi connectivity index (χ0) is 21.0. The maximum atomic E-state index is 13.9. The smallest absolute Gasteiger partial charge is 0.224 e. The van der Waals surface area contributed by atoms with Crippen molar-refractivity contribution in [2.75, 3.05) is 10.6 Å². The maximum Gasteiger partial charge on any atom is 0.224 e. The quantitative estimate of drug-likeness (QED) is 0.643. The first-order valence-electron chi connectivity index (χ1n) is 8.59. The van der Waals surface area contributed by atoms with Crippen molar-refractivity contribution < 1.29 is 27.2 Å². The van der Waals surface area contributed by atoms with Gasteiger partial charge in [-0.05, 0) is 30.3 Å². The van der Waals surface area contributed by atoms with Crippen LogP contribution < -0.4 is 10.6 Å². The molecule has 2 N–H and O–H groups in total. The van der Waals surface area contributed by atoms with Crippen LogP contribution in [-0.4, -0.2) is 16.8 Å². The monoisotopic (exact) mass is 403 g/mol. The number of nitrogens with zero attached hydrogens (tertiary/aromatic N) is 1. The van der Waals surface area contributed by atoms with E-state index in [2.05, 4.69) is 15.6 Å². The van der Waals surface area contributed by atoms with Gasteiger partial charge in [0.2, 0.25) is 11.8 Å². The molecule has 3 rings (SSSR count). The number of rotatable bonds is 6. The second-order valence-electron chi connectivity index (χ2n) is 6.14. The van der Waals surface area contributed by atoms with Crippen molar-refractivity contribution in [3.63, 3.8) is 0 Å². The molecule has 0 atom stereocenters. The largest absolute Gasteiger partial charge is 0.441 e. The number of nitrogens with one attached hydrogen (secondary N) is 2. The standard InChI is InChI=1S/C20H16F3N3O3/c1-11(27)25-12-5-6-13(21)16(9-12)26-18(28)7-8-19-24-10-17(29-19)20-14(22)3-2-4-15(20)23/h2-6,9-10H,7-8H2,1H3,(H,25,27)(H,26,28). The van der Waals surface area contributed by atoms with Crippen LogP contribution in [-0.2, 0) is 16.0 Å². The zero-order valence-electron chi connectivity index (χ0n) is 15.3. The van der Waals surface area contributed by atoms with Gasteiger partial charge in [0.15, 0.2) is 11.7 Å². The molecule has 0 aliphatic carbocycles. The number of oxazole rings is 1. The number of carbonyl (C=O) groups is 2. The van der Waals surface area contributed by atoms with Crippen LogP contribution >= 0.6 is 0 Å². The Balaban J connectivity index is 1.63. The Hall–Kier alpha value is -3.62. The lowest BCUT2D eigenvalue weighted by Crippen LogP contribution is -2.14. The third kappa shape index (κ3) is 5.01. The minimum Gasteiger partial charge on any atom is -0.441 e. The van der Waals surface area contributed by atoms with Crippen molar-refractivity contribution >= 4 is 23.2 Å². The zero-order valence-corrected chi connectivity index (χ0v) is 15.3. The first-order chi connectivity index (χ1) is 13.8. The Kier molecular flexibility index (Phi) is 5.96. The Labute approximate surface area is 163 Å². The van der Waals surface area contributed by atoms with Crippen LogP contribution in [0, 0.1) is 17.5 Å². The average molecular weight is 403 g/mol. The molecule has 0 saturated carbocycles. The fraction of sp³-hybridized carbons (Fsp3) is 0.150. The number of aromatic nitrogens is 1. The maximum absolute atomic E-state index is 13.9. The molecule has 0 radical (unpaired) electrons. The molecule has 1 heterocycles. The van der Waals surface area contributed by atoms with Gasteiger partial charge in [-0.1, -0.05) is 6.07 Å². The number of carbonyl (C=O) groups excluding carboxylic acids is 2. The Morgan fingerprint density at radius 3 is 2.45 bits per heavy atom. The van der Waals surface area contributed by atoms with Crippen LogP contribution in [0.5, 0.6) is 0 Å². The summed E-state index contributed by atoms with van der Waals surface area (Å²) >= 11 is 0. The van der Waals surface area contributed by atoms with Gasteiger partial charge in [-0.2, -0.15) is 0 Å². The van der Waals surface area contributed by atoms with E-state index in [-0.39, 0.29) is 41.7 Å². The third-order valence-corrected chi connectivity index (χ3v) is 3.89. The van der Waals surface area contributed by atoms with E-state index in [9.17, 15) is 22.8 Å². The highest BCUT2D eigenvalue weighted by Crippen LogP contribution is 2.27. The van der Waals surface area contributed by atoms with Crippen molar-refractivity contribution in [3.05, 3.63) is 65.9 Å². The summed E-state index contributed by atoms with van der Waals surface area (Å²) in [5, 5.41) is 4.88. The Morgan fingerprint density at radius 1 is 1.03 bits per heavy atom. The van der Waals surface area contributed by atoms with Crippen LogP contribution in [0.15, 0.2) is 47.0 Å². The van der Waals surface area contributed by atoms with Crippen LogP contribution in [0.1, 0.15) is 19.2 Å². The summed E-state index contributed by atoms with van der Waals surface area (Å²) in [5.74, 6) is -3.10. The minimum absolute atomic E-state index is 0.0366. The van der Waals surface area contributed by atoms with E-state index in [0.717, 1.165) is 18.2 Å². The number of aryl methyl sites for hydroxylation is 1. The lowest BCUT2D eigenvalue weighted by atomic mass is 10.1. The normalized spacial score (nSPS) is 10.6. The van der Waals surface area contributed by atoms with Crippen LogP contribution in [0.2, 0.25) is 0 Å². The second-order valence-corrected chi connectivity index (χ2v) is 6.14. The van der Waals surface area contributed by atoms with Gasteiger partial charge in [-0.3, -0.25) is 9.59 Å². The van der Waals surface area contributed by atoms with Crippen molar-refractivity contribution in [2.45, 2.75) is 19.8 Å². The highest BCUT2D eigenvalue weighted by atomic mass is 19.1. The van der Waals surface area contributed by atoms with Crippen molar-refractivity contribution in [1.29, 1.82) is 0 Å². The van der Waals surface area contributed by atoms with Gasteiger partial charge in [0.25, 0.3) is 0 Å². The summed E-state index contributed by atoms with van der Waals surface area (Å²) in [6.45, 7) is 1.30. The average Bonchev–Trinajstić information content (AvgIpc) is 3.11. The van der Waals surface area contributed by atoms with E-state index in [1.807, 2.05) is 0 Å². The van der Waals surface area contributed by atoms with Crippen LogP contribution in [0.3, 0.4) is 0 Å². The lowest BCUT2D eigenvalue weighted by molar-refractivity contribution is -0.116. The van der Waals surface area contributed by atoms with Crippen LogP contribution in [0.4, 0.5) is 24.5 Å². The molecule has 2 amide bonds. The molecule has 0 fully saturated rings. The molecule has 0 aliphatic rings. The van der Waals surface area contributed by atoms with Gasteiger partial charge >= 0.3 is 0 Å². The molecular weight excluding hydrogens is 387 g/mol. The van der Waals surface area contributed by atoms with Gasteiger partial charge in [-0.15, -0.1) is 0 Å². The number of anilines is 2. The molecule has 6 nitrogen and oxygen atoms in total. The number of amides is 2.